The maximum Gasteiger partial charge on any atom is 0.416 e. The highest BCUT2D eigenvalue weighted by molar-refractivity contribution is 6.17. The van der Waals surface area contributed by atoms with Crippen molar-refractivity contribution in [2.45, 2.75) is 39.3 Å². The quantitative estimate of drug-likeness (QED) is 0.498. The van der Waals surface area contributed by atoms with E-state index in [4.69, 9.17) is 0 Å². The molecule has 1 aliphatic heterocycles. The van der Waals surface area contributed by atoms with Crippen molar-refractivity contribution < 1.29 is 18.0 Å². The van der Waals surface area contributed by atoms with Gasteiger partial charge in [0, 0.05) is 11.9 Å². The van der Waals surface area contributed by atoms with E-state index in [-0.39, 0.29) is 23.6 Å². The number of aromatic nitrogens is 1. The Bertz CT molecular complexity index is 1230. The smallest absolute Gasteiger partial charge is 0.324 e. The minimum Gasteiger partial charge on any atom is -0.324 e. The van der Waals surface area contributed by atoms with Gasteiger partial charge in [0.2, 0.25) is 5.91 Å². The molecule has 4 rings (SSSR count). The van der Waals surface area contributed by atoms with Crippen molar-refractivity contribution >= 4 is 23.0 Å². The molecular formula is C25H22F3N3O. The summed E-state index contributed by atoms with van der Waals surface area (Å²) in [6.07, 6.45) is -2.77. The number of fused-ring (bicyclic) bond motifs is 1. The number of pyridine rings is 1. The lowest BCUT2D eigenvalue weighted by molar-refractivity contribution is -0.138. The van der Waals surface area contributed by atoms with Gasteiger partial charge in [0.25, 0.3) is 0 Å². The molecule has 1 amide bonds. The zero-order valence-corrected chi connectivity index (χ0v) is 17.9. The van der Waals surface area contributed by atoms with Crippen LogP contribution in [-0.2, 0) is 11.0 Å². The summed E-state index contributed by atoms with van der Waals surface area (Å²) in [4.78, 5) is 21.4. The Morgan fingerprint density at radius 1 is 1.00 bits per heavy atom. The lowest BCUT2D eigenvalue weighted by Crippen LogP contribution is -2.15. The summed E-state index contributed by atoms with van der Waals surface area (Å²) in [6.45, 7) is 5.54. The Balaban J connectivity index is 1.77. The van der Waals surface area contributed by atoms with Gasteiger partial charge < -0.3 is 5.32 Å². The molecule has 3 aromatic rings. The zero-order chi connectivity index (χ0) is 23.0. The molecule has 2 aromatic carbocycles. The summed E-state index contributed by atoms with van der Waals surface area (Å²) in [7, 11) is 0. The molecule has 0 fully saturated rings. The van der Waals surface area contributed by atoms with Crippen molar-refractivity contribution in [3.63, 3.8) is 0 Å². The first kappa shape index (κ1) is 21.7. The van der Waals surface area contributed by atoms with Crippen LogP contribution in [0.25, 0.3) is 11.1 Å². The van der Waals surface area contributed by atoms with Crippen molar-refractivity contribution in [2.75, 3.05) is 5.32 Å². The Morgan fingerprint density at radius 3 is 2.44 bits per heavy atom. The van der Waals surface area contributed by atoms with Gasteiger partial charge in [-0.05, 0) is 65.4 Å². The zero-order valence-electron chi connectivity index (χ0n) is 17.9. The largest absolute Gasteiger partial charge is 0.416 e. The molecule has 0 aliphatic carbocycles. The van der Waals surface area contributed by atoms with E-state index in [9.17, 15) is 18.0 Å². The van der Waals surface area contributed by atoms with E-state index in [0.717, 1.165) is 28.5 Å². The number of rotatable bonds is 3. The van der Waals surface area contributed by atoms with Crippen LogP contribution in [0.4, 0.5) is 24.5 Å². The maximum absolute atomic E-state index is 13.3. The van der Waals surface area contributed by atoms with E-state index in [2.05, 4.69) is 29.1 Å². The third-order valence-corrected chi connectivity index (χ3v) is 5.41. The van der Waals surface area contributed by atoms with Gasteiger partial charge in [-0.1, -0.05) is 32.0 Å². The molecule has 0 bridgehead atoms. The number of nitrogens with one attached hydrogen (secondary N) is 1. The van der Waals surface area contributed by atoms with Gasteiger partial charge >= 0.3 is 6.18 Å². The highest BCUT2D eigenvalue weighted by Gasteiger charge is 2.34. The van der Waals surface area contributed by atoms with Crippen LogP contribution in [-0.4, -0.2) is 16.6 Å². The van der Waals surface area contributed by atoms with E-state index in [1.54, 1.807) is 6.20 Å². The Kier molecular flexibility index (Phi) is 5.59. The van der Waals surface area contributed by atoms with Crippen LogP contribution in [0.15, 0.2) is 59.7 Å². The minimum atomic E-state index is -4.50. The lowest BCUT2D eigenvalue weighted by Gasteiger charge is -2.13. The molecule has 7 heteroatoms. The summed E-state index contributed by atoms with van der Waals surface area (Å²) >= 11 is 0. The Morgan fingerprint density at radius 2 is 1.72 bits per heavy atom. The molecule has 0 spiro atoms. The van der Waals surface area contributed by atoms with E-state index in [1.807, 2.05) is 36.4 Å². The predicted molar refractivity (Wildman–Crippen MR) is 119 cm³/mol. The van der Waals surface area contributed by atoms with E-state index in [1.165, 1.54) is 13.0 Å². The maximum atomic E-state index is 13.3. The van der Waals surface area contributed by atoms with Gasteiger partial charge in [-0.25, -0.2) is 0 Å². The van der Waals surface area contributed by atoms with Gasteiger partial charge in [0.1, 0.15) is 0 Å². The van der Waals surface area contributed by atoms with Gasteiger partial charge in [-0.3, -0.25) is 14.8 Å². The summed E-state index contributed by atoms with van der Waals surface area (Å²) in [6, 6.07) is 13.9. The van der Waals surface area contributed by atoms with Gasteiger partial charge in [0.05, 0.1) is 29.1 Å². The molecule has 1 aliphatic rings. The number of nitrogens with zero attached hydrogens (tertiary/aromatic N) is 2. The number of aliphatic imine (C=N–C) groups is 1. The number of benzene rings is 2. The molecular weight excluding hydrogens is 415 g/mol. The highest BCUT2D eigenvalue weighted by Crippen LogP contribution is 2.39. The summed E-state index contributed by atoms with van der Waals surface area (Å²) in [5, 5.41) is 2.57. The first-order valence-corrected chi connectivity index (χ1v) is 10.3. The average Bonchev–Trinajstić information content (AvgIpc) is 2.90. The van der Waals surface area contributed by atoms with E-state index >= 15 is 0 Å². The highest BCUT2D eigenvalue weighted by atomic mass is 19.4. The summed E-state index contributed by atoms with van der Waals surface area (Å²) < 4.78 is 39.9. The molecule has 1 aromatic heterocycles. The van der Waals surface area contributed by atoms with Crippen LogP contribution in [0, 0.1) is 6.92 Å². The third kappa shape index (κ3) is 4.42. The molecule has 32 heavy (non-hydrogen) atoms. The number of hydrogen-bond donors (Lipinski definition) is 1. The fourth-order valence-electron chi connectivity index (χ4n) is 3.71. The summed E-state index contributed by atoms with van der Waals surface area (Å²) in [5.74, 6) is -0.120. The molecule has 0 atom stereocenters. The second-order valence-corrected chi connectivity index (χ2v) is 8.17. The molecule has 0 saturated heterocycles. The third-order valence-electron chi connectivity index (χ3n) is 5.41. The van der Waals surface area contributed by atoms with Crippen LogP contribution < -0.4 is 5.32 Å². The van der Waals surface area contributed by atoms with Gasteiger partial charge in [-0.2, -0.15) is 13.2 Å². The van der Waals surface area contributed by atoms with Crippen LogP contribution in [0.3, 0.4) is 0 Å². The normalized spacial score (nSPS) is 14.0. The molecule has 164 valence electrons. The fourth-order valence-corrected chi connectivity index (χ4v) is 3.71. The monoisotopic (exact) mass is 437 g/mol. The second-order valence-electron chi connectivity index (χ2n) is 8.17. The number of aryl methyl sites for hydroxylation is 1. The van der Waals surface area contributed by atoms with Crippen LogP contribution in [0.1, 0.15) is 48.6 Å². The van der Waals surface area contributed by atoms with Crippen molar-refractivity contribution in [1.82, 2.24) is 4.98 Å². The Labute approximate surface area is 184 Å². The lowest BCUT2D eigenvalue weighted by atomic mass is 9.98. The first-order chi connectivity index (χ1) is 15.1. The molecule has 0 saturated carbocycles. The Hall–Kier alpha value is -3.48. The van der Waals surface area contributed by atoms with Crippen molar-refractivity contribution in [3.05, 3.63) is 77.1 Å². The fraction of sp³-hybridized carbons (Fsp3) is 0.240. The van der Waals surface area contributed by atoms with Gasteiger partial charge in [-0.15, -0.1) is 0 Å². The molecule has 0 radical (unpaired) electrons. The SMILES string of the molecule is Cc1cc2c(cc1C(F)(F)F)NC(=O)CC(c1cccc(-c3ccnc(C(C)C)c3)c1)=N2. The van der Waals surface area contributed by atoms with Gasteiger partial charge in [0.15, 0.2) is 0 Å². The number of carbonyl (C=O) groups is 1. The molecule has 2 heterocycles. The van der Waals surface area contributed by atoms with E-state index < -0.39 is 17.6 Å². The number of alkyl halides is 3. The second kappa shape index (κ2) is 8.22. The minimum absolute atomic E-state index is 0.0356. The topological polar surface area (TPSA) is 54.4 Å². The number of amides is 1. The molecule has 4 nitrogen and oxygen atoms in total. The average molecular weight is 437 g/mol. The van der Waals surface area contributed by atoms with Crippen LogP contribution in [0.5, 0.6) is 0 Å². The molecule has 1 N–H and O–H groups in total. The standard InChI is InChI=1S/C25H22F3N3O/c1-14(2)20-11-17(7-8-29-20)16-5-4-6-18(10-16)21-13-24(32)31-23-12-19(25(26,27)28)15(3)9-22(23)30-21/h4-12,14H,13H2,1-3H3,(H,31,32). The van der Waals surface area contributed by atoms with Crippen molar-refractivity contribution in [3.8, 4) is 11.1 Å². The van der Waals surface area contributed by atoms with Crippen LogP contribution in [0.2, 0.25) is 0 Å². The van der Waals surface area contributed by atoms with Crippen molar-refractivity contribution in [2.24, 2.45) is 4.99 Å². The molecule has 0 unspecified atom stereocenters. The van der Waals surface area contributed by atoms with Crippen LogP contribution >= 0.6 is 0 Å². The first-order valence-electron chi connectivity index (χ1n) is 10.3. The predicted octanol–water partition coefficient (Wildman–Crippen LogP) is 6.66. The van der Waals surface area contributed by atoms with E-state index in [0.29, 0.717) is 11.4 Å². The number of anilines is 1. The summed E-state index contributed by atoms with van der Waals surface area (Å²) in [5.41, 5.74) is 3.81. The number of carbonyl (C=O) groups excluding carboxylic acids is 1. The number of halogens is 3. The number of hydrogen-bond acceptors (Lipinski definition) is 3. The van der Waals surface area contributed by atoms with Crippen molar-refractivity contribution in [1.29, 1.82) is 0 Å².